The molecule has 1 atom stereocenters. The Hall–Kier alpha value is -1.43. The smallest absolute Gasteiger partial charge is 0.322 e. The van der Waals surface area contributed by atoms with Gasteiger partial charge in [0.2, 0.25) is 11.8 Å². The number of nitrogens with zero attached hydrogens (tertiary/aromatic N) is 2. The molecule has 2 rings (SSSR count). The van der Waals surface area contributed by atoms with E-state index in [1.807, 2.05) is 0 Å². The minimum Gasteiger partial charge on any atom is -0.408 e. The Morgan fingerprint density at radius 1 is 1.59 bits per heavy atom. The highest BCUT2D eigenvalue weighted by molar-refractivity contribution is 5.94. The fourth-order valence-electron chi connectivity index (χ4n) is 2.32. The number of aromatic nitrogens is 2. The molecule has 1 aromatic heterocycles. The first kappa shape index (κ1) is 12.0. The van der Waals surface area contributed by atoms with Gasteiger partial charge in [0.25, 0.3) is 0 Å². The third kappa shape index (κ3) is 2.46. The highest BCUT2D eigenvalue weighted by Gasteiger charge is 2.40. The van der Waals surface area contributed by atoms with Crippen LogP contribution in [0.3, 0.4) is 0 Å². The number of amides is 1. The van der Waals surface area contributed by atoms with Gasteiger partial charge in [-0.1, -0.05) is 18.4 Å². The molecule has 17 heavy (non-hydrogen) atoms. The maximum atomic E-state index is 12.3. The standard InChI is InChI=1S/C11H18N4O2/c1-3-4-11(5-6-12-7-11)9(16)13-10-15-14-8(2)17-10/h12H,3-7H2,1-2H3,(H,13,15,16). The highest BCUT2D eigenvalue weighted by Crippen LogP contribution is 2.32. The van der Waals surface area contributed by atoms with Gasteiger partial charge >= 0.3 is 6.01 Å². The first-order valence-corrected chi connectivity index (χ1v) is 5.98. The Morgan fingerprint density at radius 3 is 2.94 bits per heavy atom. The van der Waals surface area contributed by atoms with E-state index in [9.17, 15) is 4.79 Å². The lowest BCUT2D eigenvalue weighted by Gasteiger charge is -2.25. The molecule has 0 radical (unpaired) electrons. The fourth-order valence-corrected chi connectivity index (χ4v) is 2.32. The molecule has 1 fully saturated rings. The van der Waals surface area contributed by atoms with E-state index < -0.39 is 0 Å². The summed E-state index contributed by atoms with van der Waals surface area (Å²) in [6.45, 7) is 5.39. The second-order valence-electron chi connectivity index (χ2n) is 4.54. The molecule has 0 bridgehead atoms. The van der Waals surface area contributed by atoms with Gasteiger partial charge in [-0.15, -0.1) is 5.10 Å². The van der Waals surface area contributed by atoms with Gasteiger partial charge in [0.05, 0.1) is 5.41 Å². The van der Waals surface area contributed by atoms with Crippen molar-refractivity contribution in [3.8, 4) is 0 Å². The van der Waals surface area contributed by atoms with Crippen LogP contribution in [0, 0.1) is 12.3 Å². The van der Waals surface area contributed by atoms with Gasteiger partial charge in [-0.25, -0.2) is 0 Å². The van der Waals surface area contributed by atoms with Crippen LogP contribution in [-0.2, 0) is 4.79 Å². The Labute approximate surface area is 100 Å². The molecule has 2 heterocycles. The van der Waals surface area contributed by atoms with E-state index in [0.29, 0.717) is 5.89 Å². The van der Waals surface area contributed by atoms with Crippen molar-refractivity contribution in [3.05, 3.63) is 5.89 Å². The minimum atomic E-state index is -0.322. The van der Waals surface area contributed by atoms with E-state index in [1.54, 1.807) is 6.92 Å². The molecule has 0 aliphatic carbocycles. The summed E-state index contributed by atoms with van der Waals surface area (Å²) >= 11 is 0. The van der Waals surface area contributed by atoms with Gasteiger partial charge in [-0.05, 0) is 19.4 Å². The van der Waals surface area contributed by atoms with Gasteiger partial charge in [0.1, 0.15) is 0 Å². The predicted molar refractivity (Wildman–Crippen MR) is 62.5 cm³/mol. The Kier molecular flexibility index (Phi) is 3.42. The summed E-state index contributed by atoms with van der Waals surface area (Å²) in [6.07, 6.45) is 2.72. The fraction of sp³-hybridized carbons (Fsp3) is 0.727. The second kappa shape index (κ2) is 4.83. The maximum Gasteiger partial charge on any atom is 0.322 e. The maximum absolute atomic E-state index is 12.3. The van der Waals surface area contributed by atoms with Crippen molar-refractivity contribution in [2.45, 2.75) is 33.1 Å². The molecule has 1 amide bonds. The van der Waals surface area contributed by atoms with Gasteiger partial charge in [0.15, 0.2) is 0 Å². The zero-order valence-corrected chi connectivity index (χ0v) is 10.2. The summed E-state index contributed by atoms with van der Waals surface area (Å²) in [5, 5.41) is 13.4. The van der Waals surface area contributed by atoms with E-state index >= 15 is 0 Å². The number of hydrogen-bond donors (Lipinski definition) is 2. The Morgan fingerprint density at radius 2 is 2.41 bits per heavy atom. The molecule has 0 spiro atoms. The van der Waals surface area contributed by atoms with Crippen molar-refractivity contribution >= 4 is 11.9 Å². The summed E-state index contributed by atoms with van der Waals surface area (Å²) < 4.78 is 5.16. The minimum absolute atomic E-state index is 0.0204. The molecule has 6 heteroatoms. The van der Waals surface area contributed by atoms with Gasteiger partial charge in [-0.2, -0.15) is 0 Å². The molecule has 1 saturated heterocycles. The van der Waals surface area contributed by atoms with E-state index in [4.69, 9.17) is 4.42 Å². The molecule has 1 aliphatic heterocycles. The Balaban J connectivity index is 2.06. The number of anilines is 1. The number of nitrogens with one attached hydrogen (secondary N) is 2. The van der Waals surface area contributed by atoms with E-state index in [2.05, 4.69) is 27.8 Å². The molecule has 94 valence electrons. The van der Waals surface area contributed by atoms with Crippen molar-refractivity contribution in [2.75, 3.05) is 18.4 Å². The summed E-state index contributed by atoms with van der Waals surface area (Å²) in [5.41, 5.74) is -0.322. The number of carbonyl (C=O) groups is 1. The Bertz CT molecular complexity index is 396. The number of aryl methyl sites for hydroxylation is 1. The molecular formula is C11H18N4O2. The first-order chi connectivity index (χ1) is 8.16. The van der Waals surface area contributed by atoms with Crippen LogP contribution in [0.1, 0.15) is 32.1 Å². The number of carbonyl (C=O) groups excluding carboxylic acids is 1. The molecule has 0 aromatic carbocycles. The van der Waals surface area contributed by atoms with Crippen LogP contribution in [0.2, 0.25) is 0 Å². The normalized spacial score (nSPS) is 23.9. The second-order valence-corrected chi connectivity index (χ2v) is 4.54. The summed E-state index contributed by atoms with van der Waals surface area (Å²) in [7, 11) is 0. The van der Waals surface area contributed by atoms with Crippen molar-refractivity contribution in [3.63, 3.8) is 0 Å². The highest BCUT2D eigenvalue weighted by atomic mass is 16.4. The topological polar surface area (TPSA) is 80.1 Å². The summed E-state index contributed by atoms with van der Waals surface area (Å²) in [6, 6.07) is 0.190. The van der Waals surface area contributed by atoms with Crippen molar-refractivity contribution in [1.29, 1.82) is 0 Å². The molecular weight excluding hydrogens is 220 g/mol. The lowest BCUT2D eigenvalue weighted by Crippen LogP contribution is -2.38. The first-order valence-electron chi connectivity index (χ1n) is 5.98. The lowest BCUT2D eigenvalue weighted by molar-refractivity contribution is -0.125. The van der Waals surface area contributed by atoms with Crippen LogP contribution in [-0.4, -0.2) is 29.2 Å². The zero-order valence-electron chi connectivity index (χ0n) is 10.2. The average molecular weight is 238 g/mol. The third-order valence-electron chi connectivity index (χ3n) is 3.20. The van der Waals surface area contributed by atoms with Crippen molar-refractivity contribution in [1.82, 2.24) is 15.5 Å². The van der Waals surface area contributed by atoms with Crippen LogP contribution >= 0.6 is 0 Å². The van der Waals surface area contributed by atoms with E-state index in [0.717, 1.165) is 32.4 Å². The summed E-state index contributed by atoms with van der Waals surface area (Å²) in [5.74, 6) is 0.433. The van der Waals surface area contributed by atoms with Crippen LogP contribution in [0.25, 0.3) is 0 Å². The van der Waals surface area contributed by atoms with Gasteiger partial charge in [0, 0.05) is 13.5 Å². The third-order valence-corrected chi connectivity index (χ3v) is 3.20. The molecule has 0 saturated carbocycles. The molecule has 6 nitrogen and oxygen atoms in total. The number of hydrogen-bond acceptors (Lipinski definition) is 5. The SMILES string of the molecule is CCCC1(C(=O)Nc2nnc(C)o2)CCNC1. The molecule has 2 N–H and O–H groups in total. The lowest BCUT2D eigenvalue weighted by atomic mass is 9.81. The van der Waals surface area contributed by atoms with Crippen LogP contribution in [0.5, 0.6) is 0 Å². The van der Waals surface area contributed by atoms with Crippen molar-refractivity contribution in [2.24, 2.45) is 5.41 Å². The summed E-state index contributed by atoms with van der Waals surface area (Å²) in [4.78, 5) is 12.3. The van der Waals surface area contributed by atoms with Crippen LogP contribution in [0.15, 0.2) is 4.42 Å². The quantitative estimate of drug-likeness (QED) is 0.821. The van der Waals surface area contributed by atoms with Crippen LogP contribution in [0.4, 0.5) is 6.01 Å². The zero-order chi connectivity index (χ0) is 12.3. The monoisotopic (exact) mass is 238 g/mol. The average Bonchev–Trinajstić information content (AvgIpc) is 2.89. The van der Waals surface area contributed by atoms with Gasteiger partial charge < -0.3 is 9.73 Å². The predicted octanol–water partition coefficient (Wildman–Crippen LogP) is 1.10. The molecule has 1 aliphatic rings. The van der Waals surface area contributed by atoms with E-state index in [-0.39, 0.29) is 17.3 Å². The number of rotatable bonds is 4. The van der Waals surface area contributed by atoms with Crippen LogP contribution < -0.4 is 10.6 Å². The van der Waals surface area contributed by atoms with Crippen molar-refractivity contribution < 1.29 is 9.21 Å². The molecule has 1 unspecified atom stereocenters. The largest absolute Gasteiger partial charge is 0.408 e. The van der Waals surface area contributed by atoms with E-state index in [1.165, 1.54) is 0 Å². The van der Waals surface area contributed by atoms with Gasteiger partial charge in [-0.3, -0.25) is 10.1 Å². The molecule has 1 aromatic rings.